The van der Waals surface area contributed by atoms with Crippen molar-refractivity contribution < 1.29 is 4.74 Å². The van der Waals surface area contributed by atoms with E-state index < -0.39 is 0 Å². The summed E-state index contributed by atoms with van der Waals surface area (Å²) in [5, 5.41) is 3.42. The molecule has 0 saturated carbocycles. The summed E-state index contributed by atoms with van der Waals surface area (Å²) in [7, 11) is 0. The summed E-state index contributed by atoms with van der Waals surface area (Å²) >= 11 is 0. The molecule has 0 atom stereocenters. The van der Waals surface area contributed by atoms with Gasteiger partial charge < -0.3 is 10.1 Å². The van der Waals surface area contributed by atoms with Gasteiger partial charge in [-0.15, -0.1) is 0 Å². The van der Waals surface area contributed by atoms with Gasteiger partial charge in [-0.25, -0.2) is 0 Å². The van der Waals surface area contributed by atoms with E-state index in [1.54, 1.807) is 6.20 Å². The van der Waals surface area contributed by atoms with Gasteiger partial charge in [0, 0.05) is 25.5 Å². The van der Waals surface area contributed by atoms with Crippen LogP contribution in [-0.2, 0) is 13.1 Å². The van der Waals surface area contributed by atoms with Gasteiger partial charge in [0.25, 0.3) is 0 Å². The number of hydrogen-bond donors (Lipinski definition) is 1. The fraction of sp³-hybridized carbons (Fsp3) is 0.389. The van der Waals surface area contributed by atoms with Crippen LogP contribution in [0.4, 0.5) is 0 Å². The molecule has 0 aliphatic heterocycles. The minimum Gasteiger partial charge on any atom is -0.494 e. The maximum atomic E-state index is 5.71. The molecule has 1 heterocycles. The summed E-state index contributed by atoms with van der Waals surface area (Å²) in [6, 6.07) is 12.4. The molecule has 0 spiro atoms. The molecule has 0 bridgehead atoms. The molecule has 1 aromatic heterocycles. The lowest BCUT2D eigenvalue weighted by atomic mass is 10.2. The number of hydrogen-bond acceptors (Lipinski definition) is 3. The SMILES string of the molecule is CCCCCOc1ccc(CNCc2cccnc2)cc1. The molecule has 21 heavy (non-hydrogen) atoms. The van der Waals surface area contributed by atoms with E-state index in [2.05, 4.69) is 35.4 Å². The molecule has 0 saturated heterocycles. The van der Waals surface area contributed by atoms with Crippen LogP contribution in [0.15, 0.2) is 48.8 Å². The van der Waals surface area contributed by atoms with Gasteiger partial charge in [-0.2, -0.15) is 0 Å². The van der Waals surface area contributed by atoms with Crippen LogP contribution in [0.1, 0.15) is 37.3 Å². The smallest absolute Gasteiger partial charge is 0.119 e. The van der Waals surface area contributed by atoms with E-state index in [4.69, 9.17) is 4.74 Å². The van der Waals surface area contributed by atoms with Gasteiger partial charge in [0.05, 0.1) is 6.61 Å². The first-order valence-corrected chi connectivity index (χ1v) is 7.70. The Labute approximate surface area is 127 Å². The number of aromatic nitrogens is 1. The van der Waals surface area contributed by atoms with Gasteiger partial charge >= 0.3 is 0 Å². The molecule has 0 aliphatic rings. The molecule has 1 aromatic carbocycles. The predicted molar refractivity (Wildman–Crippen MR) is 86.2 cm³/mol. The van der Waals surface area contributed by atoms with Crippen molar-refractivity contribution in [1.82, 2.24) is 10.3 Å². The van der Waals surface area contributed by atoms with Crippen molar-refractivity contribution in [2.45, 2.75) is 39.3 Å². The lowest BCUT2D eigenvalue weighted by Crippen LogP contribution is -2.12. The Kier molecular flexibility index (Phi) is 6.75. The molecule has 2 rings (SSSR count). The lowest BCUT2D eigenvalue weighted by Gasteiger charge is -2.08. The molecule has 0 fully saturated rings. The fourth-order valence-corrected chi connectivity index (χ4v) is 2.10. The number of pyridine rings is 1. The highest BCUT2D eigenvalue weighted by molar-refractivity contribution is 5.27. The van der Waals surface area contributed by atoms with Crippen LogP contribution in [0.3, 0.4) is 0 Å². The number of benzene rings is 1. The number of nitrogens with one attached hydrogen (secondary N) is 1. The highest BCUT2D eigenvalue weighted by Crippen LogP contribution is 2.13. The molecule has 0 unspecified atom stereocenters. The van der Waals surface area contributed by atoms with Crippen LogP contribution >= 0.6 is 0 Å². The molecule has 112 valence electrons. The zero-order chi connectivity index (χ0) is 14.8. The van der Waals surface area contributed by atoms with Gasteiger partial charge in [0.1, 0.15) is 5.75 Å². The van der Waals surface area contributed by atoms with Crippen LogP contribution in [0.5, 0.6) is 5.75 Å². The summed E-state index contributed by atoms with van der Waals surface area (Å²) in [6.45, 7) is 4.70. The molecule has 1 N–H and O–H groups in total. The first-order chi connectivity index (χ1) is 10.4. The van der Waals surface area contributed by atoms with Crippen molar-refractivity contribution in [3.8, 4) is 5.75 Å². The zero-order valence-electron chi connectivity index (χ0n) is 12.7. The summed E-state index contributed by atoms with van der Waals surface area (Å²) in [5.41, 5.74) is 2.47. The second-order valence-electron chi connectivity index (χ2n) is 5.16. The maximum Gasteiger partial charge on any atom is 0.119 e. The summed E-state index contributed by atoms with van der Waals surface area (Å²) in [4.78, 5) is 4.11. The van der Waals surface area contributed by atoms with E-state index >= 15 is 0 Å². The third kappa shape index (κ3) is 5.96. The molecular formula is C18H24N2O. The first kappa shape index (κ1) is 15.5. The van der Waals surface area contributed by atoms with Crippen LogP contribution in [0, 0.1) is 0 Å². The fourth-order valence-electron chi connectivity index (χ4n) is 2.10. The average Bonchev–Trinajstić information content (AvgIpc) is 2.54. The number of rotatable bonds is 9. The Bertz CT molecular complexity index is 496. The minimum absolute atomic E-state index is 0.812. The number of nitrogens with zero attached hydrogens (tertiary/aromatic N) is 1. The third-order valence-electron chi connectivity index (χ3n) is 3.32. The molecule has 0 radical (unpaired) electrons. The Morgan fingerprint density at radius 2 is 1.81 bits per heavy atom. The number of ether oxygens (including phenoxy) is 1. The van der Waals surface area contributed by atoms with Gasteiger partial charge in [0.15, 0.2) is 0 Å². The molecular weight excluding hydrogens is 260 g/mol. The van der Waals surface area contributed by atoms with Crippen LogP contribution in [0.2, 0.25) is 0 Å². The average molecular weight is 284 g/mol. The lowest BCUT2D eigenvalue weighted by molar-refractivity contribution is 0.306. The van der Waals surface area contributed by atoms with Crippen molar-refractivity contribution in [2.24, 2.45) is 0 Å². The summed E-state index contributed by atoms with van der Waals surface area (Å²) in [6.07, 6.45) is 7.27. The minimum atomic E-state index is 0.812. The standard InChI is InChI=1S/C18H24N2O/c1-2-3-4-12-21-18-9-7-16(8-10-18)13-20-15-17-6-5-11-19-14-17/h5-11,14,20H,2-4,12-13,15H2,1H3. The Balaban J connectivity index is 1.69. The van der Waals surface area contributed by atoms with E-state index in [1.165, 1.54) is 24.0 Å². The third-order valence-corrected chi connectivity index (χ3v) is 3.32. The predicted octanol–water partition coefficient (Wildman–Crippen LogP) is 3.94. The van der Waals surface area contributed by atoms with Crippen LogP contribution in [0.25, 0.3) is 0 Å². The summed E-state index contributed by atoms with van der Waals surface area (Å²) < 4.78 is 5.71. The monoisotopic (exact) mass is 284 g/mol. The molecule has 3 nitrogen and oxygen atoms in total. The van der Waals surface area contributed by atoms with E-state index in [0.29, 0.717) is 0 Å². The Morgan fingerprint density at radius 3 is 2.52 bits per heavy atom. The largest absolute Gasteiger partial charge is 0.494 e. The zero-order valence-corrected chi connectivity index (χ0v) is 12.7. The highest BCUT2D eigenvalue weighted by Gasteiger charge is 1.97. The van der Waals surface area contributed by atoms with Crippen molar-refractivity contribution in [3.05, 3.63) is 59.9 Å². The van der Waals surface area contributed by atoms with Crippen molar-refractivity contribution in [2.75, 3.05) is 6.61 Å². The second kappa shape index (κ2) is 9.14. The maximum absolute atomic E-state index is 5.71. The topological polar surface area (TPSA) is 34.1 Å². The van der Waals surface area contributed by atoms with E-state index in [-0.39, 0.29) is 0 Å². The van der Waals surface area contributed by atoms with Crippen molar-refractivity contribution in [3.63, 3.8) is 0 Å². The Hall–Kier alpha value is -1.87. The second-order valence-corrected chi connectivity index (χ2v) is 5.16. The van der Waals surface area contributed by atoms with Crippen LogP contribution < -0.4 is 10.1 Å². The summed E-state index contributed by atoms with van der Waals surface area (Å²) in [5.74, 6) is 0.960. The quantitative estimate of drug-likeness (QED) is 0.708. The van der Waals surface area contributed by atoms with Crippen molar-refractivity contribution >= 4 is 0 Å². The van der Waals surface area contributed by atoms with Gasteiger partial charge in [-0.3, -0.25) is 4.98 Å². The van der Waals surface area contributed by atoms with E-state index in [0.717, 1.165) is 31.9 Å². The van der Waals surface area contributed by atoms with Crippen LogP contribution in [-0.4, -0.2) is 11.6 Å². The molecule has 0 amide bonds. The Morgan fingerprint density at radius 1 is 1.00 bits per heavy atom. The van der Waals surface area contributed by atoms with Crippen molar-refractivity contribution in [1.29, 1.82) is 0 Å². The van der Waals surface area contributed by atoms with Gasteiger partial charge in [-0.1, -0.05) is 38.0 Å². The highest BCUT2D eigenvalue weighted by atomic mass is 16.5. The molecule has 2 aromatic rings. The molecule has 0 aliphatic carbocycles. The van der Waals surface area contributed by atoms with E-state index in [9.17, 15) is 0 Å². The van der Waals surface area contributed by atoms with E-state index in [1.807, 2.05) is 24.4 Å². The van der Waals surface area contributed by atoms with Gasteiger partial charge in [0.2, 0.25) is 0 Å². The molecule has 3 heteroatoms. The van der Waals surface area contributed by atoms with Gasteiger partial charge in [-0.05, 0) is 35.7 Å². The first-order valence-electron chi connectivity index (χ1n) is 7.70. The number of unbranched alkanes of at least 4 members (excludes halogenated alkanes) is 2. The normalized spacial score (nSPS) is 10.5.